The summed E-state index contributed by atoms with van der Waals surface area (Å²) < 4.78 is 10.9. The molecule has 0 aliphatic carbocycles. The molecule has 0 aromatic heterocycles. The number of halogens is 1. The van der Waals surface area contributed by atoms with Crippen LogP contribution in [-0.4, -0.2) is 29.3 Å². The van der Waals surface area contributed by atoms with E-state index in [2.05, 4.69) is 0 Å². The molecule has 7 heteroatoms. The Balaban J connectivity index is 0.00000288. The van der Waals surface area contributed by atoms with Gasteiger partial charge in [-0.3, -0.25) is 4.79 Å². The monoisotopic (exact) mass is 353 g/mol. The van der Waals surface area contributed by atoms with Crippen molar-refractivity contribution in [3.63, 3.8) is 0 Å². The molecule has 0 saturated carbocycles. The topological polar surface area (TPSA) is 102 Å². The maximum atomic E-state index is 10.9. The highest BCUT2D eigenvalue weighted by atomic mass is 35.5. The average molecular weight is 354 g/mol. The van der Waals surface area contributed by atoms with Gasteiger partial charge in [-0.15, -0.1) is 12.4 Å². The molecule has 24 heavy (non-hydrogen) atoms. The van der Waals surface area contributed by atoms with E-state index in [1.165, 1.54) is 13.2 Å². The first-order chi connectivity index (χ1) is 11.0. The zero-order valence-electron chi connectivity index (χ0n) is 13.1. The quantitative estimate of drug-likeness (QED) is 0.704. The van der Waals surface area contributed by atoms with Gasteiger partial charge < -0.3 is 25.4 Å². The molecule has 2 rings (SSSR count). The molecule has 0 radical (unpaired) electrons. The van der Waals surface area contributed by atoms with Gasteiger partial charge in [0.1, 0.15) is 18.8 Å². The van der Waals surface area contributed by atoms with E-state index in [0.29, 0.717) is 23.7 Å². The lowest BCUT2D eigenvalue weighted by Gasteiger charge is -2.17. The number of methoxy groups -OCH3 is 1. The fourth-order valence-electron chi connectivity index (χ4n) is 2.07. The lowest BCUT2D eigenvalue weighted by Crippen LogP contribution is -2.36. The molecule has 2 aromatic rings. The molecular weight excluding hydrogens is 334 g/mol. The summed E-state index contributed by atoms with van der Waals surface area (Å²) in [7, 11) is 1.47. The first-order valence-electron chi connectivity index (χ1n) is 7.04. The van der Waals surface area contributed by atoms with Gasteiger partial charge in [0.05, 0.1) is 7.11 Å². The molecule has 0 saturated heterocycles. The normalized spacial score (nSPS) is 12.6. The zero-order chi connectivity index (χ0) is 16.8. The Morgan fingerprint density at radius 2 is 1.83 bits per heavy atom. The van der Waals surface area contributed by atoms with Crippen molar-refractivity contribution in [2.45, 2.75) is 18.8 Å². The first-order valence-corrected chi connectivity index (χ1v) is 7.04. The van der Waals surface area contributed by atoms with Crippen LogP contribution in [0.5, 0.6) is 11.5 Å². The minimum atomic E-state index is -1.41. The summed E-state index contributed by atoms with van der Waals surface area (Å²) in [5.41, 5.74) is 6.79. The molecule has 4 N–H and O–H groups in total. The first kappa shape index (κ1) is 19.8. The summed E-state index contributed by atoms with van der Waals surface area (Å²) in [6, 6.07) is 12.9. The van der Waals surface area contributed by atoms with E-state index in [-0.39, 0.29) is 12.4 Å². The summed E-state index contributed by atoms with van der Waals surface area (Å²) in [6.45, 7) is 0.369. The van der Waals surface area contributed by atoms with Crippen molar-refractivity contribution in [3.8, 4) is 11.5 Å². The fourth-order valence-corrected chi connectivity index (χ4v) is 2.07. The van der Waals surface area contributed by atoms with Crippen molar-refractivity contribution in [1.29, 1.82) is 0 Å². The lowest BCUT2D eigenvalue weighted by atomic mass is 10.0. The van der Waals surface area contributed by atoms with Gasteiger partial charge in [-0.1, -0.05) is 36.4 Å². The van der Waals surface area contributed by atoms with Crippen LogP contribution in [-0.2, 0) is 11.4 Å². The van der Waals surface area contributed by atoms with Crippen molar-refractivity contribution in [3.05, 3.63) is 59.7 Å². The van der Waals surface area contributed by atoms with E-state index >= 15 is 0 Å². The maximum Gasteiger partial charge on any atom is 0.323 e. The Hall–Kier alpha value is -2.28. The number of rotatable bonds is 7. The summed E-state index contributed by atoms with van der Waals surface area (Å²) in [5, 5.41) is 18.8. The molecule has 0 spiro atoms. The van der Waals surface area contributed by atoms with Gasteiger partial charge in [-0.25, -0.2) is 0 Å². The number of carboxylic acids is 1. The number of aliphatic hydroxyl groups is 1. The van der Waals surface area contributed by atoms with E-state index < -0.39 is 18.1 Å². The van der Waals surface area contributed by atoms with Crippen molar-refractivity contribution in [2.75, 3.05) is 7.11 Å². The Labute approximate surface area is 146 Å². The molecule has 0 heterocycles. The highest BCUT2D eigenvalue weighted by molar-refractivity contribution is 5.85. The van der Waals surface area contributed by atoms with Gasteiger partial charge >= 0.3 is 5.97 Å². The van der Waals surface area contributed by atoms with Gasteiger partial charge in [0.2, 0.25) is 0 Å². The van der Waals surface area contributed by atoms with Gasteiger partial charge in [0, 0.05) is 0 Å². The minimum Gasteiger partial charge on any atom is -0.493 e. The third-order valence-electron chi connectivity index (χ3n) is 3.39. The largest absolute Gasteiger partial charge is 0.493 e. The molecule has 2 aromatic carbocycles. The second-order valence-corrected chi connectivity index (χ2v) is 4.99. The second kappa shape index (κ2) is 9.12. The fraction of sp³-hybridized carbons (Fsp3) is 0.235. The van der Waals surface area contributed by atoms with Gasteiger partial charge in [-0.2, -0.15) is 0 Å². The number of hydrogen-bond donors (Lipinski definition) is 3. The van der Waals surface area contributed by atoms with E-state index in [1.54, 1.807) is 12.1 Å². The molecule has 2 atom stereocenters. The number of nitrogens with two attached hydrogens (primary N) is 1. The molecule has 0 fully saturated rings. The third kappa shape index (κ3) is 4.86. The molecule has 0 amide bonds. The second-order valence-electron chi connectivity index (χ2n) is 4.99. The number of aliphatic carboxylic acids is 1. The standard InChI is InChI=1S/C17H19NO5.ClH/c1-22-14-9-12(16(19)15(18)17(20)21)7-8-13(14)23-10-11-5-3-2-4-6-11;/h2-9,15-16,19H,10,18H2,1H3,(H,20,21);1H/t15-,16+;/m1./s1. The SMILES string of the molecule is COc1cc([C@H](O)[C@@H](N)C(=O)O)ccc1OCc1ccccc1.Cl. The summed E-state index contributed by atoms with van der Waals surface area (Å²) in [6.07, 6.45) is -1.33. The molecule has 0 aliphatic heterocycles. The predicted molar refractivity (Wildman–Crippen MR) is 91.6 cm³/mol. The molecule has 0 aliphatic rings. The summed E-state index contributed by atoms with van der Waals surface area (Å²) in [5.74, 6) is -0.382. The minimum absolute atomic E-state index is 0. The van der Waals surface area contributed by atoms with Gasteiger partial charge in [-0.05, 0) is 23.3 Å². The van der Waals surface area contributed by atoms with Crippen molar-refractivity contribution in [1.82, 2.24) is 0 Å². The van der Waals surface area contributed by atoms with Crippen LogP contribution in [0, 0.1) is 0 Å². The maximum absolute atomic E-state index is 10.9. The number of carbonyl (C=O) groups is 1. The van der Waals surface area contributed by atoms with Crippen molar-refractivity contribution in [2.24, 2.45) is 5.73 Å². The summed E-state index contributed by atoms with van der Waals surface area (Å²) in [4.78, 5) is 10.9. The zero-order valence-corrected chi connectivity index (χ0v) is 13.9. The number of hydrogen-bond acceptors (Lipinski definition) is 5. The average Bonchev–Trinajstić information content (AvgIpc) is 2.59. The Kier molecular flexibility index (Phi) is 7.51. The Morgan fingerprint density at radius 1 is 1.17 bits per heavy atom. The van der Waals surface area contributed by atoms with E-state index in [1.807, 2.05) is 30.3 Å². The van der Waals surface area contributed by atoms with Crippen LogP contribution >= 0.6 is 12.4 Å². The van der Waals surface area contributed by atoms with Crippen molar-refractivity contribution >= 4 is 18.4 Å². The highest BCUT2D eigenvalue weighted by Gasteiger charge is 2.24. The molecular formula is C17H20ClNO5. The molecule has 0 unspecified atom stereocenters. The van der Waals surface area contributed by atoms with E-state index in [4.69, 9.17) is 20.3 Å². The lowest BCUT2D eigenvalue weighted by molar-refractivity contribution is -0.141. The molecule has 0 bridgehead atoms. The number of carboxylic acid groups (broad SMARTS) is 1. The van der Waals surface area contributed by atoms with E-state index in [9.17, 15) is 9.90 Å². The predicted octanol–water partition coefficient (Wildman–Crippen LogP) is 2.14. The third-order valence-corrected chi connectivity index (χ3v) is 3.39. The molecule has 6 nitrogen and oxygen atoms in total. The van der Waals surface area contributed by atoms with E-state index in [0.717, 1.165) is 5.56 Å². The number of aliphatic hydroxyl groups excluding tert-OH is 1. The van der Waals surface area contributed by atoms with Crippen LogP contribution < -0.4 is 15.2 Å². The van der Waals surface area contributed by atoms with Crippen LogP contribution in [0.25, 0.3) is 0 Å². The van der Waals surface area contributed by atoms with Crippen LogP contribution in [0.15, 0.2) is 48.5 Å². The van der Waals surface area contributed by atoms with Crippen molar-refractivity contribution < 1.29 is 24.5 Å². The van der Waals surface area contributed by atoms with Crippen LogP contribution in [0.2, 0.25) is 0 Å². The smallest absolute Gasteiger partial charge is 0.323 e. The number of ether oxygens (including phenoxy) is 2. The van der Waals surface area contributed by atoms with Crippen LogP contribution in [0.3, 0.4) is 0 Å². The van der Waals surface area contributed by atoms with Gasteiger partial charge in [0.25, 0.3) is 0 Å². The van der Waals surface area contributed by atoms with Crippen LogP contribution in [0.1, 0.15) is 17.2 Å². The Morgan fingerprint density at radius 3 is 2.42 bits per heavy atom. The highest BCUT2D eigenvalue weighted by Crippen LogP contribution is 2.31. The number of benzene rings is 2. The summed E-state index contributed by atoms with van der Waals surface area (Å²) >= 11 is 0. The van der Waals surface area contributed by atoms with Gasteiger partial charge in [0.15, 0.2) is 11.5 Å². The molecule has 130 valence electrons. The Bertz CT molecular complexity index is 665. The van der Waals surface area contributed by atoms with Crippen LogP contribution in [0.4, 0.5) is 0 Å².